The fourth-order valence-corrected chi connectivity index (χ4v) is 13.4. The van der Waals surface area contributed by atoms with Gasteiger partial charge in [0.2, 0.25) is 5.95 Å². The summed E-state index contributed by atoms with van der Waals surface area (Å²) < 4.78 is 2.22. The summed E-state index contributed by atoms with van der Waals surface area (Å²) in [6, 6.07) is 83.0. The van der Waals surface area contributed by atoms with E-state index in [1.54, 1.807) is 12.7 Å². The molecule has 18 rings (SSSR count). The molecule has 0 fully saturated rings. The largest absolute Gasteiger partial charge is 0.278 e. The summed E-state index contributed by atoms with van der Waals surface area (Å²) >= 11 is 0. The van der Waals surface area contributed by atoms with E-state index in [2.05, 4.69) is 265 Å². The van der Waals surface area contributed by atoms with E-state index in [4.69, 9.17) is 15.0 Å². The molecule has 0 bridgehead atoms. The molecule has 10 nitrogen and oxygen atoms in total. The summed E-state index contributed by atoms with van der Waals surface area (Å²) in [6.45, 7) is 0. The predicted molar refractivity (Wildman–Crippen MR) is 346 cm³/mol. The number of para-hydroxylation sites is 1. The molecule has 18 aromatic rings. The van der Waals surface area contributed by atoms with Crippen LogP contribution in [0.5, 0.6) is 0 Å². The van der Waals surface area contributed by atoms with Gasteiger partial charge in [0.05, 0.1) is 11.0 Å². The van der Waals surface area contributed by atoms with Crippen molar-refractivity contribution in [1.82, 2.24) is 49.4 Å². The second kappa shape index (κ2) is 18.4. The molecule has 4 aromatic heterocycles. The highest BCUT2D eigenvalue weighted by Gasteiger charge is 2.23. The van der Waals surface area contributed by atoms with Gasteiger partial charge in [-0.3, -0.25) is 4.57 Å². The SMILES string of the molecule is c1ccc2c(c1)ccc1cc(-c3nc(-c4ccc5c6ccccc6c6ccccc6c5c4)nc(-n4c5ccccc5c5cc(-c6ccc7c(c6)cc(-c6ncncn6)c6ccc8ccc(-c9ncncn9)cc8c67)ccc54)n3)c3ccccc3c12. The van der Waals surface area contributed by atoms with Crippen LogP contribution in [-0.4, -0.2) is 49.4 Å². The smallest absolute Gasteiger partial charge is 0.238 e. The minimum absolute atomic E-state index is 0.527. The monoisotopic (exact) mass is 1080 g/mol. The third-order valence-electron chi connectivity index (χ3n) is 17.2. The highest BCUT2D eigenvalue weighted by atomic mass is 15.2. The molecular formula is C75H42N10. The molecule has 392 valence electrons. The van der Waals surface area contributed by atoms with Gasteiger partial charge in [0.1, 0.15) is 25.3 Å². The van der Waals surface area contributed by atoms with E-state index in [9.17, 15) is 0 Å². The summed E-state index contributed by atoms with van der Waals surface area (Å²) in [7, 11) is 0. The predicted octanol–water partition coefficient (Wildman–Crippen LogP) is 18.1. The van der Waals surface area contributed by atoms with E-state index in [0.29, 0.717) is 29.2 Å². The molecule has 4 heterocycles. The number of rotatable bonds is 6. The minimum atomic E-state index is 0.527. The first-order chi connectivity index (χ1) is 42.1. The lowest BCUT2D eigenvalue weighted by molar-refractivity contribution is 0.955. The van der Waals surface area contributed by atoms with Crippen LogP contribution in [0.3, 0.4) is 0 Å². The van der Waals surface area contributed by atoms with Gasteiger partial charge in [-0.2, -0.15) is 9.97 Å². The average Bonchev–Trinajstić information content (AvgIpc) is 2.98. The average molecular weight is 1080 g/mol. The second-order valence-corrected chi connectivity index (χ2v) is 21.8. The van der Waals surface area contributed by atoms with Gasteiger partial charge in [-0.15, -0.1) is 0 Å². The molecule has 0 aliphatic carbocycles. The molecule has 0 aliphatic heterocycles. The Labute approximate surface area is 484 Å². The van der Waals surface area contributed by atoms with E-state index in [0.717, 1.165) is 109 Å². The molecule has 0 unspecified atom stereocenters. The van der Waals surface area contributed by atoms with Gasteiger partial charge in [0, 0.05) is 33.0 Å². The molecule has 0 spiro atoms. The zero-order valence-electron chi connectivity index (χ0n) is 45.2. The third-order valence-corrected chi connectivity index (χ3v) is 17.2. The number of fused-ring (bicyclic) bond motifs is 19. The Hall–Kier alpha value is -11.8. The lowest BCUT2D eigenvalue weighted by atomic mass is 9.90. The van der Waals surface area contributed by atoms with Crippen molar-refractivity contribution in [1.29, 1.82) is 0 Å². The summed E-state index contributed by atoms with van der Waals surface area (Å²) in [5, 5.41) is 22.7. The van der Waals surface area contributed by atoms with Crippen LogP contribution >= 0.6 is 0 Å². The minimum Gasteiger partial charge on any atom is -0.278 e. The van der Waals surface area contributed by atoms with Crippen molar-refractivity contribution in [3.8, 4) is 62.6 Å². The third kappa shape index (κ3) is 7.28. The fourth-order valence-electron chi connectivity index (χ4n) is 13.4. The quantitative estimate of drug-likeness (QED) is 0.150. The zero-order valence-corrected chi connectivity index (χ0v) is 45.2. The van der Waals surface area contributed by atoms with Crippen molar-refractivity contribution in [3.05, 3.63) is 256 Å². The molecule has 0 aliphatic rings. The van der Waals surface area contributed by atoms with Gasteiger partial charge in [-0.1, -0.05) is 182 Å². The normalized spacial score (nSPS) is 12.0. The molecular weight excluding hydrogens is 1040 g/mol. The number of nitrogens with zero attached hydrogens (tertiary/aromatic N) is 10. The highest BCUT2D eigenvalue weighted by molar-refractivity contribution is 6.27. The molecule has 0 saturated heterocycles. The molecule has 85 heavy (non-hydrogen) atoms. The summed E-state index contributed by atoms with van der Waals surface area (Å²) in [5.74, 6) is 2.91. The number of hydrogen-bond acceptors (Lipinski definition) is 9. The molecule has 0 saturated carbocycles. The molecule has 10 heteroatoms. The first-order valence-corrected chi connectivity index (χ1v) is 28.3. The van der Waals surface area contributed by atoms with Gasteiger partial charge >= 0.3 is 0 Å². The number of hydrogen-bond donors (Lipinski definition) is 0. The van der Waals surface area contributed by atoms with Crippen molar-refractivity contribution in [2.75, 3.05) is 0 Å². The van der Waals surface area contributed by atoms with E-state index in [-0.39, 0.29) is 0 Å². The number of benzene rings is 14. The maximum atomic E-state index is 5.58. The summed E-state index contributed by atoms with van der Waals surface area (Å²) in [5.41, 5.74) is 7.75. The summed E-state index contributed by atoms with van der Waals surface area (Å²) in [6.07, 6.45) is 6.17. The number of aromatic nitrogens is 10. The maximum Gasteiger partial charge on any atom is 0.238 e. The Kier molecular flexibility index (Phi) is 10.2. The Morgan fingerprint density at radius 2 is 0.706 bits per heavy atom. The van der Waals surface area contributed by atoms with Crippen molar-refractivity contribution in [2.45, 2.75) is 0 Å². The first-order valence-electron chi connectivity index (χ1n) is 28.3. The van der Waals surface area contributed by atoms with Crippen molar-refractivity contribution in [3.63, 3.8) is 0 Å². The van der Waals surface area contributed by atoms with Crippen molar-refractivity contribution in [2.24, 2.45) is 0 Å². The molecule has 0 atom stereocenters. The zero-order chi connectivity index (χ0) is 55.7. The highest BCUT2D eigenvalue weighted by Crippen LogP contribution is 2.44. The Bertz CT molecular complexity index is 5830. The van der Waals surface area contributed by atoms with Gasteiger partial charge in [-0.05, 0) is 157 Å². The van der Waals surface area contributed by atoms with Gasteiger partial charge < -0.3 is 0 Å². The standard InChI is InChI=1S/C75H42N10/c1-2-12-51-43(11-1)21-23-47-35-65(57-17-7-8-19-60(57)69(47)51)74-82-72(49-27-30-58-55-15-4-3-13-53(55)54-14-5-6-16-56(54)63(58)37-49)83-75(84-74)85-67-20-10-9-18-59(67)64-34-46(28-32-68(64)85)45-26-29-52-50(33-45)38-66(73-80-41-77-42-81-73)61-31-25-44-22-24-48(36-62(44)70(52)61)71-78-39-76-40-79-71/h1-42H. The maximum absolute atomic E-state index is 5.58. The van der Waals surface area contributed by atoms with Crippen LogP contribution < -0.4 is 0 Å². The van der Waals surface area contributed by atoms with Crippen molar-refractivity contribution >= 4 is 119 Å². The second-order valence-electron chi connectivity index (χ2n) is 21.8. The lowest BCUT2D eigenvalue weighted by Crippen LogP contribution is -2.06. The summed E-state index contributed by atoms with van der Waals surface area (Å²) in [4.78, 5) is 43.2. The molecule has 14 aromatic carbocycles. The van der Waals surface area contributed by atoms with Crippen LogP contribution in [0.1, 0.15) is 0 Å². The fraction of sp³-hybridized carbons (Fsp3) is 0. The van der Waals surface area contributed by atoms with Gasteiger partial charge in [0.25, 0.3) is 0 Å². The van der Waals surface area contributed by atoms with Crippen molar-refractivity contribution < 1.29 is 0 Å². The van der Waals surface area contributed by atoms with Crippen LogP contribution in [0, 0.1) is 0 Å². The Morgan fingerprint density at radius 3 is 1.49 bits per heavy atom. The van der Waals surface area contributed by atoms with Crippen LogP contribution in [0.2, 0.25) is 0 Å². The molecule has 0 N–H and O–H groups in total. The molecule has 0 amide bonds. The van der Waals surface area contributed by atoms with Gasteiger partial charge in [-0.25, -0.2) is 34.9 Å². The lowest BCUT2D eigenvalue weighted by Gasteiger charge is -2.15. The molecule has 0 radical (unpaired) electrons. The van der Waals surface area contributed by atoms with E-state index in [1.807, 2.05) is 0 Å². The first kappa shape index (κ1) is 46.9. The Morgan fingerprint density at radius 1 is 0.235 bits per heavy atom. The van der Waals surface area contributed by atoms with E-state index < -0.39 is 0 Å². The topological polar surface area (TPSA) is 121 Å². The van der Waals surface area contributed by atoms with E-state index in [1.165, 1.54) is 55.7 Å². The van der Waals surface area contributed by atoms with Crippen LogP contribution in [0.25, 0.3) is 181 Å². The van der Waals surface area contributed by atoms with Gasteiger partial charge in [0.15, 0.2) is 23.3 Å². The van der Waals surface area contributed by atoms with E-state index >= 15 is 0 Å². The van der Waals surface area contributed by atoms with Crippen LogP contribution in [0.4, 0.5) is 0 Å². The van der Waals surface area contributed by atoms with Crippen LogP contribution in [0.15, 0.2) is 256 Å². The van der Waals surface area contributed by atoms with Crippen LogP contribution in [-0.2, 0) is 0 Å². The Balaban J connectivity index is 0.854.